The monoisotopic (exact) mass is 514 g/mol. The Labute approximate surface area is 210 Å². The van der Waals surface area contributed by atoms with E-state index in [1.165, 1.54) is 24.9 Å². The summed E-state index contributed by atoms with van der Waals surface area (Å²) >= 11 is 7.22. The summed E-state index contributed by atoms with van der Waals surface area (Å²) < 4.78 is 17.9. The fourth-order valence-electron chi connectivity index (χ4n) is 3.91. The molecule has 10 heteroatoms. The van der Waals surface area contributed by atoms with Gasteiger partial charge in [-0.15, -0.1) is 0 Å². The van der Waals surface area contributed by atoms with Gasteiger partial charge < -0.3 is 19.3 Å². The van der Waals surface area contributed by atoms with Crippen LogP contribution in [0.5, 0.6) is 17.2 Å². The van der Waals surface area contributed by atoms with E-state index in [4.69, 9.17) is 25.8 Å². The molecule has 4 rings (SSSR count). The maximum absolute atomic E-state index is 13.6. The van der Waals surface area contributed by atoms with Crippen LogP contribution in [0.4, 0.5) is 0 Å². The van der Waals surface area contributed by atoms with Crippen molar-refractivity contribution in [2.75, 3.05) is 20.8 Å². The summed E-state index contributed by atoms with van der Waals surface area (Å²) in [5, 5.41) is 10.7. The number of nitrogens with zero attached hydrogens (tertiary/aromatic N) is 2. The lowest BCUT2D eigenvalue weighted by Crippen LogP contribution is -2.40. The molecule has 0 aliphatic carbocycles. The van der Waals surface area contributed by atoms with Crippen LogP contribution in [-0.2, 0) is 9.53 Å². The summed E-state index contributed by atoms with van der Waals surface area (Å²) in [6.45, 7) is 3.60. The van der Waals surface area contributed by atoms with Gasteiger partial charge in [0.1, 0.15) is 5.75 Å². The van der Waals surface area contributed by atoms with E-state index in [0.29, 0.717) is 42.7 Å². The van der Waals surface area contributed by atoms with Crippen molar-refractivity contribution in [3.63, 3.8) is 0 Å². The number of hydrogen-bond donors (Lipinski definition) is 1. The molecule has 0 bridgehead atoms. The number of carbonyl (C=O) groups excluding carboxylic acids is 1. The first-order valence-electron chi connectivity index (χ1n) is 10.7. The number of thiazole rings is 1. The molecule has 0 spiro atoms. The lowest BCUT2D eigenvalue weighted by Gasteiger charge is -2.25. The maximum atomic E-state index is 13.6. The molecule has 0 radical (unpaired) electrons. The molecule has 0 unspecified atom stereocenters. The van der Waals surface area contributed by atoms with E-state index in [-0.39, 0.29) is 23.5 Å². The topological polar surface area (TPSA) is 99.4 Å². The Morgan fingerprint density at radius 2 is 1.94 bits per heavy atom. The first kappa shape index (κ1) is 24.6. The Morgan fingerprint density at radius 1 is 1.20 bits per heavy atom. The third kappa shape index (κ3) is 4.56. The molecular formula is C25H23ClN2O6S. The summed E-state index contributed by atoms with van der Waals surface area (Å²) in [6, 6.07) is 8.98. The number of fused-ring (bicyclic) bond motifs is 1. The molecule has 3 aromatic rings. The van der Waals surface area contributed by atoms with Gasteiger partial charge in [0, 0.05) is 10.6 Å². The van der Waals surface area contributed by atoms with Crippen LogP contribution in [0.2, 0.25) is 5.02 Å². The standard InChI is InChI=1S/C25H23ClN2O6S/c1-5-34-24(31)21-13(2)27-25-28(22(21)14-6-9-18(32-3)19(11-14)33-4)23(30)20(35-25)12-15-10-16(26)7-8-17(15)29/h6-12,22,29H,5H2,1-4H3/b20-12-/t22-/m1/s1. The van der Waals surface area contributed by atoms with E-state index in [2.05, 4.69) is 4.99 Å². The first-order valence-corrected chi connectivity index (χ1v) is 11.9. The van der Waals surface area contributed by atoms with Crippen LogP contribution >= 0.6 is 22.9 Å². The van der Waals surface area contributed by atoms with Gasteiger partial charge in [-0.1, -0.05) is 29.0 Å². The number of methoxy groups -OCH3 is 2. The quantitative estimate of drug-likeness (QED) is 0.507. The average Bonchev–Trinajstić information content (AvgIpc) is 3.14. The zero-order chi connectivity index (χ0) is 25.3. The Kier molecular flexibility index (Phi) is 7.00. The Hall–Kier alpha value is -3.56. The first-order chi connectivity index (χ1) is 16.8. The van der Waals surface area contributed by atoms with Crippen LogP contribution in [0.15, 0.2) is 57.5 Å². The van der Waals surface area contributed by atoms with Crippen molar-refractivity contribution >= 4 is 35.0 Å². The summed E-state index contributed by atoms with van der Waals surface area (Å²) in [4.78, 5) is 31.6. The normalized spacial score (nSPS) is 15.5. The van der Waals surface area contributed by atoms with E-state index in [1.807, 2.05) is 0 Å². The molecule has 182 valence electrons. The van der Waals surface area contributed by atoms with Crippen molar-refractivity contribution in [1.29, 1.82) is 0 Å². The Balaban J connectivity index is 1.99. The van der Waals surface area contributed by atoms with Crippen LogP contribution in [0.3, 0.4) is 0 Å². The van der Waals surface area contributed by atoms with Crippen LogP contribution in [-0.4, -0.2) is 36.5 Å². The number of halogens is 1. The van der Waals surface area contributed by atoms with E-state index in [9.17, 15) is 14.7 Å². The molecule has 1 N–H and O–H groups in total. The number of allylic oxidation sites excluding steroid dienone is 1. The van der Waals surface area contributed by atoms with Crippen molar-refractivity contribution < 1.29 is 24.1 Å². The van der Waals surface area contributed by atoms with Crippen molar-refractivity contribution in [2.45, 2.75) is 19.9 Å². The van der Waals surface area contributed by atoms with Crippen LogP contribution in [0.25, 0.3) is 6.08 Å². The number of ether oxygens (including phenoxy) is 3. The fraction of sp³-hybridized carbons (Fsp3) is 0.240. The highest BCUT2D eigenvalue weighted by atomic mass is 35.5. The van der Waals surface area contributed by atoms with E-state index < -0.39 is 12.0 Å². The van der Waals surface area contributed by atoms with E-state index in [0.717, 1.165) is 11.3 Å². The SMILES string of the molecule is CCOC(=O)C1=C(C)N=c2s/c(=C\c3cc(Cl)ccc3O)c(=O)n2[C@@H]1c1ccc(OC)c(OC)c1. The number of phenols is 1. The summed E-state index contributed by atoms with van der Waals surface area (Å²) in [7, 11) is 3.04. The minimum Gasteiger partial charge on any atom is -0.507 e. The van der Waals surface area contributed by atoms with Crippen LogP contribution in [0, 0.1) is 0 Å². The van der Waals surface area contributed by atoms with E-state index >= 15 is 0 Å². The third-order valence-electron chi connectivity index (χ3n) is 5.52. The molecule has 1 aliphatic heterocycles. The minimum atomic E-state index is -0.805. The number of aromatic hydroxyl groups is 1. The van der Waals surface area contributed by atoms with Gasteiger partial charge in [0.05, 0.1) is 42.7 Å². The number of rotatable bonds is 6. The number of phenolic OH excluding ortho intramolecular Hbond substituents is 1. The molecule has 35 heavy (non-hydrogen) atoms. The van der Waals surface area contributed by atoms with Crippen LogP contribution in [0.1, 0.15) is 31.0 Å². The minimum absolute atomic E-state index is 0.0138. The molecule has 1 aliphatic rings. The van der Waals surface area contributed by atoms with Crippen molar-refractivity contribution in [3.8, 4) is 17.2 Å². The second-order valence-electron chi connectivity index (χ2n) is 7.62. The number of esters is 1. The van der Waals surface area contributed by atoms with Gasteiger partial charge in [-0.25, -0.2) is 9.79 Å². The van der Waals surface area contributed by atoms with Gasteiger partial charge in [0.2, 0.25) is 0 Å². The smallest absolute Gasteiger partial charge is 0.338 e. The predicted molar refractivity (Wildman–Crippen MR) is 133 cm³/mol. The number of benzene rings is 2. The van der Waals surface area contributed by atoms with Crippen LogP contribution < -0.4 is 24.4 Å². The van der Waals surface area contributed by atoms with Gasteiger partial charge in [-0.2, -0.15) is 0 Å². The number of aromatic nitrogens is 1. The molecular weight excluding hydrogens is 492 g/mol. The second kappa shape index (κ2) is 9.97. The molecule has 2 aromatic carbocycles. The highest BCUT2D eigenvalue weighted by molar-refractivity contribution is 7.07. The van der Waals surface area contributed by atoms with Gasteiger partial charge in [-0.3, -0.25) is 9.36 Å². The predicted octanol–water partition coefficient (Wildman–Crippen LogP) is 3.17. The van der Waals surface area contributed by atoms with E-state index in [1.54, 1.807) is 50.3 Å². The molecule has 2 heterocycles. The van der Waals surface area contributed by atoms with Crippen molar-refractivity contribution in [1.82, 2.24) is 4.57 Å². The number of hydrogen-bond acceptors (Lipinski definition) is 8. The lowest BCUT2D eigenvalue weighted by atomic mass is 9.95. The molecule has 0 fully saturated rings. The second-order valence-corrected chi connectivity index (χ2v) is 9.07. The maximum Gasteiger partial charge on any atom is 0.338 e. The lowest BCUT2D eigenvalue weighted by molar-refractivity contribution is -0.139. The zero-order valence-corrected chi connectivity index (χ0v) is 21.1. The fourth-order valence-corrected chi connectivity index (χ4v) is 5.13. The van der Waals surface area contributed by atoms with Gasteiger partial charge in [-0.05, 0) is 55.8 Å². The zero-order valence-electron chi connectivity index (χ0n) is 19.5. The van der Waals surface area contributed by atoms with Gasteiger partial charge in [0.15, 0.2) is 16.3 Å². The summed E-state index contributed by atoms with van der Waals surface area (Å²) in [6.07, 6.45) is 1.56. The average molecular weight is 515 g/mol. The highest BCUT2D eigenvalue weighted by Gasteiger charge is 2.34. The third-order valence-corrected chi connectivity index (χ3v) is 6.73. The summed E-state index contributed by atoms with van der Waals surface area (Å²) in [5.74, 6) is 0.391. The molecule has 0 amide bonds. The molecule has 0 saturated carbocycles. The molecule has 8 nitrogen and oxygen atoms in total. The van der Waals surface area contributed by atoms with Crippen molar-refractivity contribution in [2.24, 2.45) is 4.99 Å². The Morgan fingerprint density at radius 3 is 2.63 bits per heavy atom. The van der Waals surface area contributed by atoms with Crippen molar-refractivity contribution in [3.05, 3.63) is 83.5 Å². The Bertz CT molecular complexity index is 1520. The molecule has 1 aromatic heterocycles. The highest BCUT2D eigenvalue weighted by Crippen LogP contribution is 2.36. The molecule has 1 atom stereocenters. The van der Waals surface area contributed by atoms with Gasteiger partial charge in [0.25, 0.3) is 5.56 Å². The molecule has 0 saturated heterocycles. The summed E-state index contributed by atoms with van der Waals surface area (Å²) in [5.41, 5.74) is 1.34. The largest absolute Gasteiger partial charge is 0.507 e. The number of carbonyl (C=O) groups is 1. The van der Waals surface area contributed by atoms with Gasteiger partial charge >= 0.3 is 5.97 Å².